The minimum atomic E-state index is -0.159. The van der Waals surface area contributed by atoms with Crippen LogP contribution in [0.4, 0.5) is 0 Å². The first-order chi connectivity index (χ1) is 11.7. The summed E-state index contributed by atoms with van der Waals surface area (Å²) in [6.45, 7) is 3.91. The van der Waals surface area contributed by atoms with Gasteiger partial charge >= 0.3 is 0 Å². The molecule has 24 heavy (non-hydrogen) atoms. The number of Topliss-reactive ketones (excluding diaryl/α,β-unsaturated/α-hetero) is 1. The Kier molecular flexibility index (Phi) is 5.01. The van der Waals surface area contributed by atoms with Crippen LogP contribution in [0.25, 0.3) is 5.57 Å². The van der Waals surface area contributed by atoms with Crippen LogP contribution < -0.4 is 5.32 Å². The molecule has 1 aliphatic carbocycles. The van der Waals surface area contributed by atoms with Crippen LogP contribution >= 0.6 is 0 Å². The number of rotatable bonds is 7. The maximum Gasteiger partial charge on any atom is 0.203 e. The second-order valence-electron chi connectivity index (χ2n) is 5.91. The van der Waals surface area contributed by atoms with Gasteiger partial charge in [0, 0.05) is 29.7 Å². The number of unbranched alkanes of at least 4 members (excludes halogenated alkanes) is 1. The summed E-state index contributed by atoms with van der Waals surface area (Å²) < 4.78 is 0. The smallest absolute Gasteiger partial charge is 0.203 e. The third-order valence-electron chi connectivity index (χ3n) is 4.21. The van der Waals surface area contributed by atoms with E-state index in [4.69, 9.17) is 0 Å². The zero-order valence-corrected chi connectivity index (χ0v) is 13.8. The number of nitrogens with zero attached hydrogens (tertiary/aromatic N) is 1. The van der Waals surface area contributed by atoms with E-state index in [2.05, 4.69) is 22.2 Å². The van der Waals surface area contributed by atoms with Gasteiger partial charge < -0.3 is 10.3 Å². The molecule has 124 valence electrons. The number of ketones is 2. The molecular weight excluding hydrogens is 302 g/mol. The van der Waals surface area contributed by atoms with Gasteiger partial charge in [-0.15, -0.1) is 0 Å². The lowest BCUT2D eigenvalue weighted by molar-refractivity contribution is 0.0998. The van der Waals surface area contributed by atoms with E-state index in [1.165, 1.54) is 6.08 Å². The van der Waals surface area contributed by atoms with Gasteiger partial charge in [-0.2, -0.15) is 0 Å². The highest BCUT2D eigenvalue weighted by Crippen LogP contribution is 2.29. The fourth-order valence-corrected chi connectivity index (χ4v) is 2.90. The zero-order valence-electron chi connectivity index (χ0n) is 13.8. The van der Waals surface area contributed by atoms with Gasteiger partial charge in [-0.25, -0.2) is 0 Å². The maximum atomic E-state index is 12.9. The van der Waals surface area contributed by atoms with E-state index in [9.17, 15) is 9.59 Å². The topological polar surface area (TPSA) is 74.8 Å². The van der Waals surface area contributed by atoms with Crippen LogP contribution in [0.5, 0.6) is 0 Å². The first-order valence-electron chi connectivity index (χ1n) is 8.34. The molecule has 0 unspecified atom stereocenters. The molecule has 2 aromatic rings. The van der Waals surface area contributed by atoms with Gasteiger partial charge in [0.15, 0.2) is 5.78 Å². The molecule has 0 aliphatic heterocycles. The number of aromatic amines is 1. The number of hydrogen-bond donors (Lipinski definition) is 2. The normalized spacial score (nSPS) is 13.8. The fraction of sp³-hybridized carbons (Fsp3) is 0.316. The molecule has 3 rings (SSSR count). The Balaban J connectivity index is 1.81. The summed E-state index contributed by atoms with van der Waals surface area (Å²) in [5.41, 5.74) is 2.90. The van der Waals surface area contributed by atoms with Crippen molar-refractivity contribution >= 4 is 17.1 Å². The number of nitrogens with one attached hydrogen (secondary N) is 2. The molecule has 0 atom stereocenters. The van der Waals surface area contributed by atoms with Gasteiger partial charge in [0.05, 0.1) is 11.3 Å². The predicted molar refractivity (Wildman–Crippen MR) is 93.1 cm³/mol. The first-order valence-corrected chi connectivity index (χ1v) is 8.34. The molecule has 1 aliphatic rings. The highest BCUT2D eigenvalue weighted by atomic mass is 16.1. The molecule has 0 amide bonds. The monoisotopic (exact) mass is 323 g/mol. The highest BCUT2D eigenvalue weighted by Gasteiger charge is 2.30. The number of fused-ring (bicyclic) bond motifs is 1. The van der Waals surface area contributed by atoms with E-state index in [0.717, 1.165) is 37.9 Å². The van der Waals surface area contributed by atoms with Crippen molar-refractivity contribution < 1.29 is 9.59 Å². The lowest BCUT2D eigenvalue weighted by Gasteiger charge is -2.13. The molecule has 0 fully saturated rings. The summed E-state index contributed by atoms with van der Waals surface area (Å²) in [5, 5.41) is 3.37. The lowest BCUT2D eigenvalue weighted by atomic mass is 9.88. The van der Waals surface area contributed by atoms with Crippen LogP contribution in [0.15, 0.2) is 36.8 Å². The standard InChI is InChI=1S/C19H21N3O2/c1-2-3-7-20-9-6-14-12-22-18-16(23)10-15(19(24)17(14)18)13-5-4-8-21-11-13/h4-5,8,10-12,20,22H,2-3,6-7,9H2,1H3. The van der Waals surface area contributed by atoms with Crippen LogP contribution in [0.3, 0.4) is 0 Å². The summed E-state index contributed by atoms with van der Waals surface area (Å²) >= 11 is 0. The molecule has 0 saturated carbocycles. The van der Waals surface area contributed by atoms with Crippen molar-refractivity contribution in [2.75, 3.05) is 13.1 Å². The van der Waals surface area contributed by atoms with Crippen molar-refractivity contribution in [3.63, 3.8) is 0 Å². The number of H-pyrrole nitrogens is 1. The molecule has 0 saturated heterocycles. The van der Waals surface area contributed by atoms with Crippen molar-refractivity contribution in [2.24, 2.45) is 0 Å². The third-order valence-corrected chi connectivity index (χ3v) is 4.21. The summed E-state index contributed by atoms with van der Waals surface area (Å²) in [7, 11) is 0. The Morgan fingerprint density at radius 3 is 2.88 bits per heavy atom. The second-order valence-corrected chi connectivity index (χ2v) is 5.91. The highest BCUT2D eigenvalue weighted by molar-refractivity contribution is 6.38. The molecule has 5 nitrogen and oxygen atoms in total. The number of carbonyl (C=O) groups is 2. The molecule has 2 N–H and O–H groups in total. The van der Waals surface area contributed by atoms with Crippen LogP contribution in [0, 0.1) is 0 Å². The Hall–Kier alpha value is -2.53. The quantitative estimate of drug-likeness (QED) is 0.768. The molecule has 5 heteroatoms. The van der Waals surface area contributed by atoms with Crippen LogP contribution in [0.2, 0.25) is 0 Å². The van der Waals surface area contributed by atoms with E-state index in [1.54, 1.807) is 30.7 Å². The number of pyridine rings is 1. The van der Waals surface area contributed by atoms with Gasteiger partial charge in [-0.05, 0) is 43.6 Å². The second kappa shape index (κ2) is 7.36. The number of carbonyl (C=O) groups excluding carboxylic acids is 2. The first kappa shape index (κ1) is 16.3. The molecule has 0 aromatic carbocycles. The summed E-state index contributed by atoms with van der Waals surface area (Å²) in [4.78, 5) is 32.3. The van der Waals surface area contributed by atoms with E-state index < -0.39 is 0 Å². The van der Waals surface area contributed by atoms with E-state index in [-0.39, 0.29) is 11.6 Å². The van der Waals surface area contributed by atoms with Crippen LogP contribution in [0.1, 0.15) is 51.7 Å². The molecule has 0 bridgehead atoms. The summed E-state index contributed by atoms with van der Waals surface area (Å²) in [6, 6.07) is 3.56. The van der Waals surface area contributed by atoms with E-state index in [1.807, 2.05) is 0 Å². The minimum absolute atomic E-state index is 0.109. The summed E-state index contributed by atoms with van der Waals surface area (Å²) in [5.74, 6) is -0.268. The summed E-state index contributed by atoms with van der Waals surface area (Å²) in [6.07, 6.45) is 9.45. The molecule has 2 heterocycles. The van der Waals surface area contributed by atoms with Crippen molar-refractivity contribution in [3.8, 4) is 0 Å². The van der Waals surface area contributed by atoms with Crippen molar-refractivity contribution in [1.82, 2.24) is 15.3 Å². The van der Waals surface area contributed by atoms with Crippen LogP contribution in [-0.4, -0.2) is 34.6 Å². The Labute approximate surface area is 141 Å². The Bertz CT molecular complexity index is 775. The molecule has 2 aromatic heterocycles. The van der Waals surface area contributed by atoms with Gasteiger partial charge in [0.2, 0.25) is 5.78 Å². The van der Waals surface area contributed by atoms with Gasteiger partial charge in [-0.1, -0.05) is 19.4 Å². The number of hydrogen-bond acceptors (Lipinski definition) is 4. The molecular formula is C19H21N3O2. The van der Waals surface area contributed by atoms with Gasteiger partial charge in [0.1, 0.15) is 0 Å². The lowest BCUT2D eigenvalue weighted by Crippen LogP contribution is -2.20. The minimum Gasteiger partial charge on any atom is -0.358 e. The predicted octanol–water partition coefficient (Wildman–Crippen LogP) is 2.80. The zero-order chi connectivity index (χ0) is 16.9. The Morgan fingerprint density at radius 2 is 2.12 bits per heavy atom. The largest absolute Gasteiger partial charge is 0.358 e. The molecule has 0 spiro atoms. The average Bonchev–Trinajstić information content (AvgIpc) is 3.03. The Morgan fingerprint density at radius 1 is 1.25 bits per heavy atom. The van der Waals surface area contributed by atoms with E-state index >= 15 is 0 Å². The SMILES string of the molecule is CCCCNCCc1c[nH]c2c1C(=O)C(c1cccnc1)=CC2=O. The van der Waals surface area contributed by atoms with Gasteiger partial charge in [-0.3, -0.25) is 14.6 Å². The van der Waals surface area contributed by atoms with Gasteiger partial charge in [0.25, 0.3) is 0 Å². The maximum absolute atomic E-state index is 12.9. The van der Waals surface area contributed by atoms with Crippen molar-refractivity contribution in [2.45, 2.75) is 26.2 Å². The number of allylic oxidation sites excluding steroid dienone is 2. The fourth-order valence-electron chi connectivity index (χ4n) is 2.90. The average molecular weight is 323 g/mol. The van der Waals surface area contributed by atoms with Crippen molar-refractivity contribution in [1.29, 1.82) is 0 Å². The number of aromatic nitrogens is 2. The van der Waals surface area contributed by atoms with E-state index in [0.29, 0.717) is 22.4 Å². The third kappa shape index (κ3) is 3.21. The van der Waals surface area contributed by atoms with Crippen LogP contribution in [-0.2, 0) is 6.42 Å². The molecule has 0 radical (unpaired) electrons. The van der Waals surface area contributed by atoms with Crippen molar-refractivity contribution in [3.05, 3.63) is 59.2 Å².